The Labute approximate surface area is 117 Å². The number of aliphatic hydroxyl groups excluding tert-OH is 1. The van der Waals surface area contributed by atoms with Crippen molar-refractivity contribution in [2.45, 2.75) is 26.5 Å². The highest BCUT2D eigenvalue weighted by Gasteiger charge is 2.12. The van der Waals surface area contributed by atoms with E-state index in [9.17, 15) is 5.11 Å². The number of fused-ring (bicyclic) bond motifs is 1. The number of likely N-dealkylation sites (N-methyl/N-ethyl adjacent to an activating group) is 1. The Morgan fingerprint density at radius 3 is 2.84 bits per heavy atom. The van der Waals surface area contributed by atoms with Gasteiger partial charge in [0.25, 0.3) is 0 Å². The second-order valence-corrected chi connectivity index (χ2v) is 4.83. The van der Waals surface area contributed by atoms with Crippen LogP contribution in [0.2, 0.25) is 0 Å². The molecule has 2 heterocycles. The van der Waals surface area contributed by atoms with Gasteiger partial charge in [-0.05, 0) is 13.1 Å². The van der Waals surface area contributed by atoms with Crippen molar-refractivity contribution in [1.82, 2.24) is 24.4 Å². The zero-order chi connectivity index (χ0) is 13.8. The van der Waals surface area contributed by atoms with Crippen molar-refractivity contribution >= 4 is 23.4 Å². The third-order valence-electron chi connectivity index (χ3n) is 3.19. The van der Waals surface area contributed by atoms with Crippen LogP contribution < -0.4 is 0 Å². The molecule has 0 aromatic carbocycles. The zero-order valence-corrected chi connectivity index (χ0v) is 12.0. The molecule has 0 bridgehead atoms. The van der Waals surface area contributed by atoms with Crippen molar-refractivity contribution in [3.8, 4) is 0 Å². The standard InChI is InChI=1S/C12H19N5OS/c1-3-16(4-2)5-9(18)6-17-8-15-10-11(17)13-7-14-12(10)19/h7-9,18H,3-6H2,1-2H3,(H,13,14,19). The molecule has 2 N–H and O–H groups in total. The molecule has 2 aromatic heterocycles. The van der Waals surface area contributed by atoms with Gasteiger partial charge >= 0.3 is 0 Å². The third kappa shape index (κ3) is 3.17. The summed E-state index contributed by atoms with van der Waals surface area (Å²) in [4.78, 5) is 13.4. The van der Waals surface area contributed by atoms with Crippen LogP contribution in [0.4, 0.5) is 0 Å². The molecule has 0 amide bonds. The normalized spacial score (nSPS) is 13.3. The van der Waals surface area contributed by atoms with E-state index in [1.54, 1.807) is 12.7 Å². The van der Waals surface area contributed by atoms with Gasteiger partial charge in [0.1, 0.15) is 11.2 Å². The summed E-state index contributed by atoms with van der Waals surface area (Å²) in [6, 6.07) is 0. The van der Waals surface area contributed by atoms with Gasteiger partial charge in [0.05, 0.1) is 25.3 Å². The average molecular weight is 281 g/mol. The Hall–Kier alpha value is -1.31. The maximum atomic E-state index is 10.1. The first-order chi connectivity index (χ1) is 9.15. The number of aromatic amines is 1. The van der Waals surface area contributed by atoms with Gasteiger partial charge in [-0.3, -0.25) is 0 Å². The molecular formula is C12H19N5OS. The number of nitrogens with one attached hydrogen (secondary N) is 1. The van der Waals surface area contributed by atoms with Crippen LogP contribution >= 0.6 is 12.2 Å². The molecule has 6 nitrogen and oxygen atoms in total. The molecule has 0 aliphatic carbocycles. The van der Waals surface area contributed by atoms with Gasteiger partial charge in [0.2, 0.25) is 0 Å². The first kappa shape index (κ1) is 14.1. The molecular weight excluding hydrogens is 262 g/mol. The minimum Gasteiger partial charge on any atom is -0.390 e. The van der Waals surface area contributed by atoms with Crippen LogP contribution in [0.3, 0.4) is 0 Å². The molecule has 0 saturated carbocycles. The van der Waals surface area contributed by atoms with Crippen LogP contribution in [-0.2, 0) is 6.54 Å². The van der Waals surface area contributed by atoms with E-state index < -0.39 is 6.10 Å². The Kier molecular flexibility index (Phi) is 4.62. The fraction of sp³-hybridized carbons (Fsp3) is 0.583. The fourth-order valence-corrected chi connectivity index (χ4v) is 2.31. The van der Waals surface area contributed by atoms with Crippen LogP contribution in [0.1, 0.15) is 13.8 Å². The Balaban J connectivity index is 2.13. The maximum absolute atomic E-state index is 10.1. The maximum Gasteiger partial charge on any atom is 0.157 e. The number of hydrogen-bond acceptors (Lipinski definition) is 5. The molecule has 0 spiro atoms. The fourth-order valence-electron chi connectivity index (χ4n) is 2.11. The molecule has 0 aliphatic heterocycles. The van der Waals surface area contributed by atoms with E-state index in [4.69, 9.17) is 12.2 Å². The highest BCUT2D eigenvalue weighted by Crippen LogP contribution is 2.10. The number of aromatic nitrogens is 4. The molecule has 104 valence electrons. The molecule has 1 unspecified atom stereocenters. The monoisotopic (exact) mass is 281 g/mol. The molecule has 1 atom stereocenters. The van der Waals surface area contributed by atoms with E-state index in [0.29, 0.717) is 23.2 Å². The molecule has 0 aliphatic rings. The van der Waals surface area contributed by atoms with Gasteiger partial charge in [-0.1, -0.05) is 26.1 Å². The van der Waals surface area contributed by atoms with Crippen molar-refractivity contribution in [3.63, 3.8) is 0 Å². The molecule has 7 heteroatoms. The van der Waals surface area contributed by atoms with Crippen molar-refractivity contribution in [2.75, 3.05) is 19.6 Å². The number of rotatable bonds is 6. The van der Waals surface area contributed by atoms with Gasteiger partial charge < -0.3 is 19.6 Å². The lowest BCUT2D eigenvalue weighted by Gasteiger charge is -2.22. The summed E-state index contributed by atoms with van der Waals surface area (Å²) >= 11 is 5.11. The highest BCUT2D eigenvalue weighted by molar-refractivity contribution is 7.71. The third-order valence-corrected chi connectivity index (χ3v) is 3.49. The van der Waals surface area contributed by atoms with Crippen molar-refractivity contribution in [3.05, 3.63) is 17.3 Å². The topological polar surface area (TPSA) is 70.0 Å². The SMILES string of the molecule is CCN(CC)CC(O)Cn1cnc2c(=S)nc[nH]c21. The average Bonchev–Trinajstić information content (AvgIpc) is 2.81. The van der Waals surface area contributed by atoms with Gasteiger partial charge in [-0.25, -0.2) is 9.97 Å². The van der Waals surface area contributed by atoms with E-state index in [1.807, 2.05) is 4.57 Å². The molecule has 2 aromatic rings. The van der Waals surface area contributed by atoms with Gasteiger partial charge in [-0.2, -0.15) is 0 Å². The summed E-state index contributed by atoms with van der Waals surface area (Å²) in [7, 11) is 0. The van der Waals surface area contributed by atoms with E-state index in [1.165, 1.54) is 0 Å². The predicted molar refractivity (Wildman–Crippen MR) is 76.5 cm³/mol. The van der Waals surface area contributed by atoms with Crippen molar-refractivity contribution in [2.24, 2.45) is 0 Å². The van der Waals surface area contributed by atoms with Crippen LogP contribution in [-0.4, -0.2) is 55.3 Å². The Bertz CT molecular complexity index is 589. The largest absolute Gasteiger partial charge is 0.390 e. The summed E-state index contributed by atoms with van der Waals surface area (Å²) in [6.07, 6.45) is 2.80. The lowest BCUT2D eigenvalue weighted by molar-refractivity contribution is 0.104. The summed E-state index contributed by atoms with van der Waals surface area (Å²) in [5.41, 5.74) is 1.48. The van der Waals surface area contributed by atoms with Crippen LogP contribution in [0.5, 0.6) is 0 Å². The Morgan fingerprint density at radius 2 is 2.16 bits per heavy atom. The number of hydrogen-bond donors (Lipinski definition) is 2. The van der Waals surface area contributed by atoms with E-state index >= 15 is 0 Å². The predicted octanol–water partition coefficient (Wildman–Crippen LogP) is 1.19. The number of aliphatic hydroxyl groups is 1. The zero-order valence-electron chi connectivity index (χ0n) is 11.2. The number of H-pyrrole nitrogens is 1. The van der Waals surface area contributed by atoms with Gasteiger partial charge in [0.15, 0.2) is 4.64 Å². The lowest BCUT2D eigenvalue weighted by atomic mass is 10.3. The minimum absolute atomic E-state index is 0.438. The van der Waals surface area contributed by atoms with Crippen molar-refractivity contribution in [1.29, 1.82) is 0 Å². The van der Waals surface area contributed by atoms with Crippen LogP contribution in [0.25, 0.3) is 11.2 Å². The summed E-state index contributed by atoms with van der Waals surface area (Å²) in [5, 5.41) is 10.1. The van der Waals surface area contributed by atoms with Gasteiger partial charge in [0, 0.05) is 6.54 Å². The smallest absolute Gasteiger partial charge is 0.157 e. The summed E-state index contributed by atoms with van der Waals surface area (Å²) < 4.78 is 2.35. The highest BCUT2D eigenvalue weighted by atomic mass is 32.1. The number of imidazole rings is 1. The van der Waals surface area contributed by atoms with E-state index in [0.717, 1.165) is 18.7 Å². The van der Waals surface area contributed by atoms with Gasteiger partial charge in [-0.15, -0.1) is 0 Å². The molecule has 0 fully saturated rings. The van der Waals surface area contributed by atoms with Crippen LogP contribution in [0, 0.1) is 4.64 Å². The summed E-state index contributed by atoms with van der Waals surface area (Å²) in [6.45, 7) is 7.19. The second-order valence-electron chi connectivity index (χ2n) is 4.44. The summed E-state index contributed by atoms with van der Waals surface area (Å²) in [5.74, 6) is 0. The minimum atomic E-state index is -0.438. The Morgan fingerprint density at radius 1 is 1.42 bits per heavy atom. The first-order valence-electron chi connectivity index (χ1n) is 6.44. The molecule has 2 rings (SSSR count). The van der Waals surface area contributed by atoms with Crippen LogP contribution in [0.15, 0.2) is 12.7 Å². The second kappa shape index (κ2) is 6.23. The van der Waals surface area contributed by atoms with Crippen molar-refractivity contribution < 1.29 is 5.11 Å². The molecule has 0 radical (unpaired) electrons. The quantitative estimate of drug-likeness (QED) is 0.778. The molecule has 19 heavy (non-hydrogen) atoms. The molecule has 0 saturated heterocycles. The number of nitrogens with zero attached hydrogens (tertiary/aromatic N) is 4. The van der Waals surface area contributed by atoms with E-state index in [2.05, 4.69) is 33.7 Å². The van der Waals surface area contributed by atoms with E-state index in [-0.39, 0.29) is 0 Å². The lowest BCUT2D eigenvalue weighted by Crippen LogP contribution is -2.34. The first-order valence-corrected chi connectivity index (χ1v) is 6.85.